The smallest absolute Gasteiger partial charge is 0.278 e. The number of hydrogen-bond donors (Lipinski definition) is 2. The van der Waals surface area contributed by atoms with Crippen LogP contribution in [0.1, 0.15) is 10.5 Å². The number of carbonyl (C=O) groups is 1. The third kappa shape index (κ3) is 3.77. The van der Waals surface area contributed by atoms with Crippen LogP contribution in [0.4, 0.5) is 21.6 Å². The molecule has 1 saturated heterocycles. The summed E-state index contributed by atoms with van der Waals surface area (Å²) in [7, 11) is 0. The van der Waals surface area contributed by atoms with Gasteiger partial charge in [-0.05, 0) is 36.4 Å². The van der Waals surface area contributed by atoms with Crippen molar-refractivity contribution in [2.75, 3.05) is 36.4 Å². The molecule has 1 aromatic heterocycles. The number of halogens is 2. The van der Waals surface area contributed by atoms with Gasteiger partial charge in [0, 0.05) is 36.9 Å². The molecule has 1 aliphatic heterocycles. The fraction of sp³-hybridized carbons (Fsp3) is 0.211. The van der Waals surface area contributed by atoms with Crippen LogP contribution in [0.25, 0.3) is 0 Å². The number of nitrogens with zero attached hydrogens (tertiary/aromatic N) is 4. The van der Waals surface area contributed by atoms with Crippen molar-refractivity contribution in [3.63, 3.8) is 0 Å². The quantitative estimate of drug-likeness (QED) is 0.702. The van der Waals surface area contributed by atoms with Crippen molar-refractivity contribution in [3.05, 3.63) is 65.1 Å². The Morgan fingerprint density at radius 1 is 1.04 bits per heavy atom. The lowest BCUT2D eigenvalue weighted by Crippen LogP contribution is -2.49. The first-order valence-electron chi connectivity index (χ1n) is 8.84. The highest BCUT2D eigenvalue weighted by Gasteiger charge is 2.27. The van der Waals surface area contributed by atoms with Crippen molar-refractivity contribution in [3.8, 4) is 0 Å². The molecule has 3 aromatic rings. The third-order valence-electron chi connectivity index (χ3n) is 4.64. The summed E-state index contributed by atoms with van der Waals surface area (Å²) >= 11 is 5.94. The fourth-order valence-corrected chi connectivity index (χ4v) is 3.25. The van der Waals surface area contributed by atoms with Crippen LogP contribution < -0.4 is 10.2 Å². The van der Waals surface area contributed by atoms with E-state index in [0.717, 1.165) is 5.69 Å². The average molecular weight is 401 g/mol. The van der Waals surface area contributed by atoms with Gasteiger partial charge in [-0.2, -0.15) is 5.21 Å². The Labute approximate surface area is 166 Å². The van der Waals surface area contributed by atoms with Crippen LogP contribution in [0, 0.1) is 5.82 Å². The van der Waals surface area contributed by atoms with Gasteiger partial charge >= 0.3 is 0 Å². The molecular weight excluding hydrogens is 383 g/mol. The monoisotopic (exact) mass is 400 g/mol. The Kier molecular flexibility index (Phi) is 5.12. The van der Waals surface area contributed by atoms with Crippen LogP contribution in [0.5, 0.6) is 0 Å². The summed E-state index contributed by atoms with van der Waals surface area (Å²) in [5.74, 6) is -0.473. The molecule has 2 aromatic carbocycles. The highest BCUT2D eigenvalue weighted by atomic mass is 35.5. The first-order chi connectivity index (χ1) is 13.6. The van der Waals surface area contributed by atoms with Crippen molar-refractivity contribution >= 4 is 34.7 Å². The Morgan fingerprint density at radius 2 is 1.75 bits per heavy atom. The zero-order valence-electron chi connectivity index (χ0n) is 14.9. The molecule has 0 atom stereocenters. The van der Waals surface area contributed by atoms with Crippen molar-refractivity contribution in [2.24, 2.45) is 0 Å². The highest BCUT2D eigenvalue weighted by molar-refractivity contribution is 6.30. The van der Waals surface area contributed by atoms with Gasteiger partial charge in [0.15, 0.2) is 11.5 Å². The van der Waals surface area contributed by atoms with Gasteiger partial charge in [0.25, 0.3) is 5.91 Å². The van der Waals surface area contributed by atoms with Crippen molar-refractivity contribution in [1.82, 2.24) is 20.3 Å². The number of nitrogens with one attached hydrogen (secondary N) is 2. The molecule has 28 heavy (non-hydrogen) atoms. The summed E-state index contributed by atoms with van der Waals surface area (Å²) in [5, 5.41) is 13.9. The second-order valence-electron chi connectivity index (χ2n) is 6.38. The summed E-state index contributed by atoms with van der Waals surface area (Å²) in [4.78, 5) is 16.8. The van der Waals surface area contributed by atoms with E-state index in [1.54, 1.807) is 23.1 Å². The number of aromatic amines is 1. The predicted octanol–water partition coefficient (Wildman–Crippen LogP) is 3.30. The summed E-state index contributed by atoms with van der Waals surface area (Å²) < 4.78 is 13.9. The number of rotatable bonds is 4. The molecule has 7 nitrogen and oxygen atoms in total. The van der Waals surface area contributed by atoms with Gasteiger partial charge in [0.1, 0.15) is 5.82 Å². The lowest BCUT2D eigenvalue weighted by molar-refractivity contribution is 0.0742. The number of hydrogen-bond acceptors (Lipinski definition) is 5. The minimum Gasteiger partial charge on any atom is -0.368 e. The summed E-state index contributed by atoms with van der Waals surface area (Å²) in [6.45, 7) is 2.49. The van der Waals surface area contributed by atoms with Crippen molar-refractivity contribution in [1.29, 1.82) is 0 Å². The molecule has 9 heteroatoms. The Hall–Kier alpha value is -3.13. The Morgan fingerprint density at radius 3 is 2.46 bits per heavy atom. The number of piperazine rings is 1. The van der Waals surface area contributed by atoms with Crippen LogP contribution in [0.3, 0.4) is 0 Å². The maximum atomic E-state index is 13.9. The second-order valence-corrected chi connectivity index (χ2v) is 6.82. The molecule has 0 unspecified atom stereocenters. The summed E-state index contributed by atoms with van der Waals surface area (Å²) in [6, 6.07) is 13.8. The van der Waals surface area contributed by atoms with Crippen molar-refractivity contribution < 1.29 is 9.18 Å². The van der Waals surface area contributed by atoms with E-state index >= 15 is 0 Å². The molecular formula is C19H18ClFN6O. The van der Waals surface area contributed by atoms with E-state index in [-0.39, 0.29) is 23.1 Å². The van der Waals surface area contributed by atoms with Crippen LogP contribution >= 0.6 is 11.6 Å². The first-order valence-corrected chi connectivity index (χ1v) is 9.22. The number of aromatic nitrogens is 3. The molecule has 2 heterocycles. The average Bonchev–Trinajstić information content (AvgIpc) is 3.18. The van der Waals surface area contributed by atoms with E-state index in [4.69, 9.17) is 11.6 Å². The Bertz CT molecular complexity index is 969. The Balaban J connectivity index is 1.43. The molecule has 1 aliphatic rings. The summed E-state index contributed by atoms with van der Waals surface area (Å²) in [6.07, 6.45) is 0. The number of para-hydroxylation sites is 1. The fourth-order valence-electron chi connectivity index (χ4n) is 3.13. The van der Waals surface area contributed by atoms with E-state index in [1.807, 2.05) is 24.3 Å². The standard InChI is InChI=1S/C19H18ClFN6O/c20-13-5-7-14(8-6-13)26-9-11-27(12-10-26)19(28)17-18(24-25-23-17)22-16-4-2-1-3-15(16)21/h1-8H,9-12H2,(H2,22,23,24,25). The SMILES string of the molecule is O=C(c1n[nH]nc1Nc1ccccc1F)N1CCN(c2ccc(Cl)cc2)CC1. The molecule has 4 rings (SSSR count). The van der Waals surface area contributed by atoms with Gasteiger partial charge in [0.2, 0.25) is 0 Å². The van der Waals surface area contributed by atoms with Crippen molar-refractivity contribution in [2.45, 2.75) is 0 Å². The number of H-pyrrole nitrogens is 1. The molecule has 2 N–H and O–H groups in total. The van der Waals surface area contributed by atoms with Gasteiger partial charge in [0.05, 0.1) is 5.69 Å². The lowest BCUT2D eigenvalue weighted by atomic mass is 10.2. The number of anilines is 3. The van der Waals surface area contributed by atoms with Crippen LogP contribution in [0.2, 0.25) is 5.02 Å². The highest BCUT2D eigenvalue weighted by Crippen LogP contribution is 2.23. The lowest BCUT2D eigenvalue weighted by Gasteiger charge is -2.35. The van der Waals surface area contributed by atoms with E-state index < -0.39 is 5.82 Å². The molecule has 1 fully saturated rings. The number of carbonyl (C=O) groups excluding carboxylic acids is 1. The van der Waals surface area contributed by atoms with E-state index in [9.17, 15) is 9.18 Å². The second kappa shape index (κ2) is 7.85. The molecule has 0 aliphatic carbocycles. The van der Waals surface area contributed by atoms with Gasteiger partial charge in [-0.1, -0.05) is 23.7 Å². The third-order valence-corrected chi connectivity index (χ3v) is 4.89. The molecule has 0 spiro atoms. The zero-order chi connectivity index (χ0) is 19.5. The van der Waals surface area contributed by atoms with Crippen LogP contribution in [-0.2, 0) is 0 Å². The molecule has 0 radical (unpaired) electrons. The predicted molar refractivity (Wildman–Crippen MR) is 106 cm³/mol. The van der Waals surface area contributed by atoms with E-state index in [0.29, 0.717) is 31.2 Å². The minimum absolute atomic E-state index is 0.142. The van der Waals surface area contributed by atoms with Crippen LogP contribution in [0.15, 0.2) is 48.5 Å². The van der Waals surface area contributed by atoms with Gasteiger partial charge in [-0.3, -0.25) is 4.79 Å². The van der Waals surface area contributed by atoms with E-state index in [1.165, 1.54) is 6.07 Å². The summed E-state index contributed by atoms with van der Waals surface area (Å²) in [5.41, 5.74) is 1.45. The first kappa shape index (κ1) is 18.2. The van der Waals surface area contributed by atoms with Gasteiger partial charge in [-0.15, -0.1) is 10.2 Å². The van der Waals surface area contributed by atoms with Gasteiger partial charge < -0.3 is 15.1 Å². The number of amides is 1. The van der Waals surface area contributed by atoms with Gasteiger partial charge in [-0.25, -0.2) is 4.39 Å². The maximum absolute atomic E-state index is 13.9. The van der Waals surface area contributed by atoms with Crippen LogP contribution in [-0.4, -0.2) is 52.4 Å². The minimum atomic E-state index is -0.430. The molecule has 0 saturated carbocycles. The molecule has 1 amide bonds. The normalized spacial score (nSPS) is 14.2. The number of benzene rings is 2. The topological polar surface area (TPSA) is 77.1 Å². The maximum Gasteiger partial charge on any atom is 0.278 e. The van der Waals surface area contributed by atoms with E-state index in [2.05, 4.69) is 25.6 Å². The molecule has 144 valence electrons. The largest absolute Gasteiger partial charge is 0.368 e. The zero-order valence-corrected chi connectivity index (χ0v) is 15.7. The molecule has 0 bridgehead atoms.